The molecule has 0 fully saturated rings. The largest absolute Gasteiger partial charge is 0.497 e. The lowest BCUT2D eigenvalue weighted by Crippen LogP contribution is -2.23. The van der Waals surface area contributed by atoms with Gasteiger partial charge in [-0.15, -0.1) is 20.4 Å². The van der Waals surface area contributed by atoms with Gasteiger partial charge in [0.05, 0.1) is 12.4 Å². The van der Waals surface area contributed by atoms with Crippen molar-refractivity contribution in [2.45, 2.75) is 43.7 Å². The van der Waals surface area contributed by atoms with E-state index in [1.54, 1.807) is 7.11 Å². The third kappa shape index (κ3) is 5.98. The monoisotopic (exact) mass is 510 g/mol. The van der Waals surface area contributed by atoms with Crippen LogP contribution in [0.3, 0.4) is 0 Å². The molecule has 2 heterocycles. The zero-order chi connectivity index (χ0) is 24.8. The topological polar surface area (TPSA) is 104 Å². The maximum absolute atomic E-state index is 12.8. The number of thioether (sulfide) groups is 1. The molecule has 4 aromatic rings. The van der Waals surface area contributed by atoms with Crippen molar-refractivity contribution in [3.05, 3.63) is 65.4 Å². The number of benzene rings is 2. The van der Waals surface area contributed by atoms with E-state index in [4.69, 9.17) is 9.47 Å². The van der Waals surface area contributed by atoms with Crippen molar-refractivity contribution in [2.24, 2.45) is 0 Å². The fourth-order valence-corrected chi connectivity index (χ4v) is 4.77. The second kappa shape index (κ2) is 11.3. The van der Waals surface area contributed by atoms with E-state index in [-0.39, 0.29) is 5.91 Å². The van der Waals surface area contributed by atoms with E-state index in [1.165, 1.54) is 23.1 Å². The maximum Gasteiger partial charge on any atom is 0.239 e. The van der Waals surface area contributed by atoms with E-state index in [0.29, 0.717) is 21.9 Å². The van der Waals surface area contributed by atoms with Gasteiger partial charge in [0.1, 0.15) is 16.5 Å². The molecule has 0 saturated heterocycles. The Hall–Kier alpha value is -3.44. The van der Waals surface area contributed by atoms with Crippen LogP contribution in [0.25, 0.3) is 5.69 Å². The number of amides is 1. The molecule has 2 unspecified atom stereocenters. The van der Waals surface area contributed by atoms with Gasteiger partial charge >= 0.3 is 0 Å². The molecule has 4 rings (SSSR count). The molecule has 182 valence electrons. The summed E-state index contributed by atoms with van der Waals surface area (Å²) in [5.41, 5.74) is 0.879. The summed E-state index contributed by atoms with van der Waals surface area (Å²) in [6.45, 7) is 5.74. The number of nitrogens with zero attached hydrogens (tertiary/aromatic N) is 5. The van der Waals surface area contributed by atoms with Crippen molar-refractivity contribution in [3.8, 4) is 17.2 Å². The van der Waals surface area contributed by atoms with E-state index in [9.17, 15) is 4.79 Å². The highest BCUT2D eigenvalue weighted by atomic mass is 32.2. The molecule has 2 aromatic heterocycles. The Morgan fingerprint density at radius 1 is 1.03 bits per heavy atom. The minimum atomic E-state index is -0.443. The van der Waals surface area contributed by atoms with E-state index in [0.717, 1.165) is 22.9 Å². The first-order valence-corrected chi connectivity index (χ1v) is 12.8. The van der Waals surface area contributed by atoms with Crippen LogP contribution in [0.5, 0.6) is 11.5 Å². The SMILES string of the molecule is CCc1nnc(NC(=O)C(C)Sc2nnc(C(C)Oc3ccc(OC)cc3)n2-c2ccccc2)s1. The van der Waals surface area contributed by atoms with Gasteiger partial charge in [-0.25, -0.2) is 0 Å². The highest BCUT2D eigenvalue weighted by Crippen LogP contribution is 2.31. The Morgan fingerprint density at radius 2 is 1.74 bits per heavy atom. The van der Waals surface area contributed by atoms with Crippen LogP contribution < -0.4 is 14.8 Å². The first-order valence-electron chi connectivity index (χ1n) is 11.1. The van der Waals surface area contributed by atoms with E-state index in [1.807, 2.05) is 79.9 Å². The highest BCUT2D eigenvalue weighted by molar-refractivity contribution is 8.00. The fourth-order valence-electron chi connectivity index (χ4n) is 3.22. The Kier molecular flexibility index (Phi) is 7.98. The summed E-state index contributed by atoms with van der Waals surface area (Å²) in [5, 5.41) is 21.3. The first-order chi connectivity index (χ1) is 17.0. The van der Waals surface area contributed by atoms with Crippen LogP contribution in [-0.4, -0.2) is 43.2 Å². The lowest BCUT2D eigenvalue weighted by Gasteiger charge is -2.17. The van der Waals surface area contributed by atoms with Gasteiger partial charge in [-0.2, -0.15) is 0 Å². The van der Waals surface area contributed by atoms with Crippen LogP contribution in [0, 0.1) is 0 Å². The van der Waals surface area contributed by atoms with Crippen molar-refractivity contribution in [2.75, 3.05) is 12.4 Å². The number of rotatable bonds is 10. The molecule has 0 saturated carbocycles. The second-order valence-electron chi connectivity index (χ2n) is 7.55. The van der Waals surface area contributed by atoms with Crippen LogP contribution in [0.15, 0.2) is 59.8 Å². The number of hydrogen-bond acceptors (Lipinski definition) is 9. The smallest absolute Gasteiger partial charge is 0.239 e. The molecule has 9 nitrogen and oxygen atoms in total. The minimum Gasteiger partial charge on any atom is -0.497 e. The molecule has 2 atom stereocenters. The van der Waals surface area contributed by atoms with Gasteiger partial charge in [-0.3, -0.25) is 14.7 Å². The summed E-state index contributed by atoms with van der Waals surface area (Å²) in [7, 11) is 1.62. The van der Waals surface area contributed by atoms with E-state index in [2.05, 4.69) is 25.7 Å². The number of carbonyl (C=O) groups is 1. The maximum atomic E-state index is 12.8. The van der Waals surface area contributed by atoms with Gasteiger partial charge in [0.25, 0.3) is 0 Å². The second-order valence-corrected chi connectivity index (χ2v) is 9.92. The Morgan fingerprint density at radius 3 is 2.40 bits per heavy atom. The zero-order valence-electron chi connectivity index (χ0n) is 19.8. The molecular formula is C24H26N6O3S2. The number of anilines is 1. The van der Waals surface area contributed by atoms with Gasteiger partial charge < -0.3 is 9.47 Å². The van der Waals surface area contributed by atoms with Crippen molar-refractivity contribution in [1.82, 2.24) is 25.0 Å². The summed E-state index contributed by atoms with van der Waals surface area (Å²) in [6.07, 6.45) is 0.376. The number of carbonyl (C=O) groups excluding carboxylic acids is 1. The van der Waals surface area contributed by atoms with Crippen molar-refractivity contribution >= 4 is 34.1 Å². The summed E-state index contributed by atoms with van der Waals surface area (Å²) in [4.78, 5) is 12.8. The van der Waals surface area contributed by atoms with Crippen LogP contribution >= 0.6 is 23.1 Å². The molecule has 0 aliphatic carbocycles. The molecule has 1 N–H and O–H groups in total. The predicted molar refractivity (Wildman–Crippen MR) is 137 cm³/mol. The summed E-state index contributed by atoms with van der Waals surface area (Å²) in [5.74, 6) is 1.88. The molecule has 11 heteroatoms. The Labute approximate surface area is 211 Å². The number of methoxy groups -OCH3 is 1. The molecular weight excluding hydrogens is 484 g/mol. The lowest BCUT2D eigenvalue weighted by atomic mass is 10.3. The number of ether oxygens (including phenoxy) is 2. The highest BCUT2D eigenvalue weighted by Gasteiger charge is 2.25. The van der Waals surface area contributed by atoms with E-state index >= 15 is 0 Å². The molecule has 1 amide bonds. The molecule has 0 aliphatic heterocycles. The standard InChI is InChI=1S/C24H26N6O3S2/c1-5-20-26-28-23(35-20)25-22(31)16(3)34-24-29-27-21(30(24)17-9-7-6-8-10-17)15(2)33-19-13-11-18(32-4)12-14-19/h6-16H,5H2,1-4H3,(H,25,28,31). The third-order valence-corrected chi connectivity index (χ3v) is 7.09. The normalized spacial score (nSPS) is 12.7. The van der Waals surface area contributed by atoms with Crippen LogP contribution in [-0.2, 0) is 11.2 Å². The van der Waals surface area contributed by atoms with Crippen molar-refractivity contribution in [3.63, 3.8) is 0 Å². The summed E-state index contributed by atoms with van der Waals surface area (Å²) < 4.78 is 13.3. The first kappa shape index (κ1) is 24.7. The van der Waals surface area contributed by atoms with E-state index < -0.39 is 11.4 Å². The molecule has 0 bridgehead atoms. The van der Waals surface area contributed by atoms with Crippen LogP contribution in [0.2, 0.25) is 0 Å². The zero-order valence-corrected chi connectivity index (χ0v) is 21.5. The molecule has 35 heavy (non-hydrogen) atoms. The number of aryl methyl sites for hydroxylation is 1. The summed E-state index contributed by atoms with van der Waals surface area (Å²) in [6, 6.07) is 17.1. The fraction of sp³-hybridized carbons (Fsp3) is 0.292. The summed E-state index contributed by atoms with van der Waals surface area (Å²) >= 11 is 2.69. The van der Waals surface area contributed by atoms with Crippen molar-refractivity contribution < 1.29 is 14.3 Å². The average Bonchev–Trinajstić information content (AvgIpc) is 3.52. The van der Waals surface area contributed by atoms with Gasteiger partial charge in [-0.05, 0) is 56.7 Å². The Bertz CT molecular complexity index is 1260. The number of para-hydroxylation sites is 1. The van der Waals surface area contributed by atoms with Gasteiger partial charge in [0.15, 0.2) is 17.1 Å². The number of aromatic nitrogens is 5. The third-order valence-electron chi connectivity index (χ3n) is 5.06. The number of nitrogens with one attached hydrogen (secondary N) is 1. The quantitative estimate of drug-likeness (QED) is 0.299. The average molecular weight is 511 g/mol. The van der Waals surface area contributed by atoms with Gasteiger partial charge in [0, 0.05) is 5.69 Å². The molecule has 0 aliphatic rings. The van der Waals surface area contributed by atoms with Crippen molar-refractivity contribution in [1.29, 1.82) is 0 Å². The predicted octanol–water partition coefficient (Wildman–Crippen LogP) is 4.95. The van der Waals surface area contributed by atoms with Gasteiger partial charge in [0.2, 0.25) is 11.0 Å². The lowest BCUT2D eigenvalue weighted by molar-refractivity contribution is -0.115. The number of hydrogen-bond donors (Lipinski definition) is 1. The molecule has 0 spiro atoms. The molecule has 0 radical (unpaired) electrons. The molecule has 2 aromatic carbocycles. The van der Waals surface area contributed by atoms with Gasteiger partial charge in [-0.1, -0.05) is 48.2 Å². The van der Waals surface area contributed by atoms with Crippen LogP contribution in [0.4, 0.5) is 5.13 Å². The Balaban J connectivity index is 1.55. The minimum absolute atomic E-state index is 0.180. The van der Waals surface area contributed by atoms with Crippen LogP contribution in [0.1, 0.15) is 37.7 Å².